The van der Waals surface area contributed by atoms with E-state index in [1.165, 1.54) is 6.07 Å². The summed E-state index contributed by atoms with van der Waals surface area (Å²) in [7, 11) is -3.58. The van der Waals surface area contributed by atoms with Crippen molar-refractivity contribution in [2.24, 2.45) is 0 Å². The van der Waals surface area contributed by atoms with Gasteiger partial charge in [-0.25, -0.2) is 13.1 Å². The van der Waals surface area contributed by atoms with E-state index in [1.807, 2.05) is 12.1 Å². The monoisotopic (exact) mass is 355 g/mol. The molecule has 0 spiro atoms. The number of aromatic nitrogens is 1. The number of anilines is 1. The summed E-state index contributed by atoms with van der Waals surface area (Å²) in [5, 5.41) is 0. The van der Waals surface area contributed by atoms with Crippen LogP contribution >= 0.6 is 15.9 Å². The summed E-state index contributed by atoms with van der Waals surface area (Å²) in [6, 6.07) is 8.39. The molecule has 106 valence electrons. The van der Waals surface area contributed by atoms with Gasteiger partial charge in [0.1, 0.15) is 0 Å². The highest BCUT2D eigenvalue weighted by Crippen LogP contribution is 2.23. The second-order valence-electron chi connectivity index (χ2n) is 4.19. The molecular formula is C13H14BrN3O2S. The van der Waals surface area contributed by atoms with Crippen LogP contribution in [-0.4, -0.2) is 19.9 Å². The number of hydrogen-bond acceptors (Lipinski definition) is 4. The molecule has 20 heavy (non-hydrogen) atoms. The highest BCUT2D eigenvalue weighted by Gasteiger charge is 2.17. The standard InChI is InChI=1S/C13H14BrN3O2S/c14-12-2-1-11(15)9-13(12)20(18,19)17-8-5-10-3-6-16-7-4-10/h1-4,6-7,9,17H,5,8,15H2. The van der Waals surface area contributed by atoms with Crippen LogP contribution in [0.2, 0.25) is 0 Å². The quantitative estimate of drug-likeness (QED) is 0.802. The lowest BCUT2D eigenvalue weighted by atomic mass is 10.2. The fourth-order valence-electron chi connectivity index (χ4n) is 1.68. The summed E-state index contributed by atoms with van der Waals surface area (Å²) in [5.74, 6) is 0. The molecule has 5 nitrogen and oxygen atoms in total. The Kier molecular flexibility index (Phi) is 4.74. The Morgan fingerprint density at radius 2 is 1.90 bits per heavy atom. The van der Waals surface area contributed by atoms with Crippen molar-refractivity contribution >= 4 is 31.6 Å². The topological polar surface area (TPSA) is 85.1 Å². The van der Waals surface area contributed by atoms with Crippen molar-refractivity contribution in [1.82, 2.24) is 9.71 Å². The van der Waals surface area contributed by atoms with Crippen LogP contribution in [0.4, 0.5) is 5.69 Å². The minimum atomic E-state index is -3.58. The van der Waals surface area contributed by atoms with Crippen molar-refractivity contribution in [2.45, 2.75) is 11.3 Å². The summed E-state index contributed by atoms with van der Waals surface area (Å²) in [6.45, 7) is 0.313. The van der Waals surface area contributed by atoms with Crippen LogP contribution in [0.15, 0.2) is 52.1 Å². The van der Waals surface area contributed by atoms with E-state index in [9.17, 15) is 8.42 Å². The number of nitrogens with zero attached hydrogens (tertiary/aromatic N) is 1. The fourth-order valence-corrected chi connectivity index (χ4v) is 3.71. The van der Waals surface area contributed by atoms with Crippen molar-refractivity contribution in [2.75, 3.05) is 12.3 Å². The van der Waals surface area contributed by atoms with Crippen LogP contribution in [0.5, 0.6) is 0 Å². The first-order chi connectivity index (χ1) is 9.49. The third-order valence-electron chi connectivity index (χ3n) is 2.70. The maximum Gasteiger partial charge on any atom is 0.241 e. The van der Waals surface area contributed by atoms with E-state index in [4.69, 9.17) is 5.73 Å². The molecule has 1 heterocycles. The summed E-state index contributed by atoms with van der Waals surface area (Å²) < 4.78 is 27.4. The van der Waals surface area contributed by atoms with Gasteiger partial charge in [0.05, 0.1) is 4.90 Å². The van der Waals surface area contributed by atoms with Crippen molar-refractivity contribution in [3.63, 3.8) is 0 Å². The maximum atomic E-state index is 12.2. The summed E-state index contributed by atoms with van der Waals surface area (Å²) in [4.78, 5) is 4.06. The number of nitrogens with two attached hydrogens (primary N) is 1. The number of rotatable bonds is 5. The first-order valence-electron chi connectivity index (χ1n) is 5.92. The molecular weight excluding hydrogens is 342 g/mol. The van der Waals surface area contributed by atoms with E-state index in [-0.39, 0.29) is 4.90 Å². The first-order valence-corrected chi connectivity index (χ1v) is 8.20. The lowest BCUT2D eigenvalue weighted by Crippen LogP contribution is -2.26. The Balaban J connectivity index is 2.06. The Morgan fingerprint density at radius 1 is 1.20 bits per heavy atom. The molecule has 0 saturated heterocycles. The molecule has 0 amide bonds. The van der Waals surface area contributed by atoms with Gasteiger partial charge in [0.15, 0.2) is 0 Å². The van der Waals surface area contributed by atoms with Crippen LogP contribution in [0.3, 0.4) is 0 Å². The van der Waals surface area contributed by atoms with E-state index >= 15 is 0 Å². The molecule has 2 rings (SSSR count). The van der Waals surface area contributed by atoms with E-state index in [0.29, 0.717) is 23.1 Å². The molecule has 0 atom stereocenters. The minimum absolute atomic E-state index is 0.146. The highest BCUT2D eigenvalue weighted by atomic mass is 79.9. The predicted octanol–water partition coefficient (Wildman–Crippen LogP) is 1.95. The van der Waals surface area contributed by atoms with Gasteiger partial charge in [-0.05, 0) is 58.2 Å². The minimum Gasteiger partial charge on any atom is -0.399 e. The number of nitrogen functional groups attached to an aromatic ring is 1. The molecule has 1 aromatic heterocycles. The summed E-state index contributed by atoms with van der Waals surface area (Å²) >= 11 is 3.22. The van der Waals surface area contributed by atoms with E-state index in [1.54, 1.807) is 24.5 Å². The van der Waals surface area contributed by atoms with Gasteiger partial charge >= 0.3 is 0 Å². The van der Waals surface area contributed by atoms with Gasteiger partial charge in [0, 0.05) is 29.1 Å². The number of pyridine rings is 1. The van der Waals surface area contributed by atoms with Gasteiger partial charge in [-0.15, -0.1) is 0 Å². The molecule has 0 aliphatic carbocycles. The third kappa shape index (κ3) is 3.78. The summed E-state index contributed by atoms with van der Waals surface area (Å²) in [6.07, 6.45) is 3.96. The predicted molar refractivity (Wildman–Crippen MR) is 81.7 cm³/mol. The molecule has 0 radical (unpaired) electrons. The molecule has 0 fully saturated rings. The van der Waals surface area contributed by atoms with E-state index in [0.717, 1.165) is 5.56 Å². The van der Waals surface area contributed by atoms with Crippen LogP contribution in [-0.2, 0) is 16.4 Å². The Morgan fingerprint density at radius 3 is 2.60 bits per heavy atom. The first kappa shape index (κ1) is 15.0. The van der Waals surface area contributed by atoms with Crippen molar-refractivity contribution in [1.29, 1.82) is 0 Å². The average molecular weight is 356 g/mol. The molecule has 0 aliphatic heterocycles. The zero-order valence-electron chi connectivity index (χ0n) is 10.6. The number of hydrogen-bond donors (Lipinski definition) is 2. The van der Waals surface area contributed by atoms with Crippen molar-refractivity contribution in [3.8, 4) is 0 Å². The summed E-state index contributed by atoms with van der Waals surface area (Å²) in [5.41, 5.74) is 7.05. The number of sulfonamides is 1. The average Bonchev–Trinajstić information content (AvgIpc) is 2.42. The molecule has 0 aliphatic rings. The maximum absolute atomic E-state index is 12.2. The van der Waals surface area contributed by atoms with E-state index < -0.39 is 10.0 Å². The molecule has 0 unspecified atom stereocenters. The second kappa shape index (κ2) is 6.34. The van der Waals surface area contributed by atoms with Crippen molar-refractivity contribution < 1.29 is 8.42 Å². The molecule has 7 heteroatoms. The largest absolute Gasteiger partial charge is 0.399 e. The Labute approximate surface area is 126 Å². The van der Waals surface area contributed by atoms with Crippen LogP contribution in [0, 0.1) is 0 Å². The van der Waals surface area contributed by atoms with Gasteiger partial charge in [-0.1, -0.05) is 0 Å². The smallest absolute Gasteiger partial charge is 0.241 e. The zero-order chi connectivity index (χ0) is 14.6. The SMILES string of the molecule is Nc1ccc(Br)c(S(=O)(=O)NCCc2ccncc2)c1. The van der Waals surface area contributed by atoms with Gasteiger partial charge < -0.3 is 5.73 Å². The Bertz CT molecular complexity index is 690. The number of nitrogens with one attached hydrogen (secondary N) is 1. The lowest BCUT2D eigenvalue weighted by molar-refractivity contribution is 0.581. The third-order valence-corrected chi connectivity index (χ3v) is 5.15. The van der Waals surface area contributed by atoms with Crippen LogP contribution < -0.4 is 10.5 Å². The lowest BCUT2D eigenvalue weighted by Gasteiger charge is -2.09. The normalized spacial score (nSPS) is 11.4. The van der Waals surface area contributed by atoms with Gasteiger partial charge in [-0.3, -0.25) is 4.98 Å². The molecule has 0 saturated carbocycles. The van der Waals surface area contributed by atoms with Gasteiger partial charge in [-0.2, -0.15) is 0 Å². The fraction of sp³-hybridized carbons (Fsp3) is 0.154. The van der Waals surface area contributed by atoms with E-state index in [2.05, 4.69) is 25.6 Å². The molecule has 0 bridgehead atoms. The van der Waals surface area contributed by atoms with Gasteiger partial charge in [0.2, 0.25) is 10.0 Å². The van der Waals surface area contributed by atoms with Gasteiger partial charge in [0.25, 0.3) is 0 Å². The van der Waals surface area contributed by atoms with Crippen LogP contribution in [0.25, 0.3) is 0 Å². The zero-order valence-corrected chi connectivity index (χ0v) is 13.0. The molecule has 3 N–H and O–H groups in total. The second-order valence-corrected chi connectivity index (χ2v) is 6.78. The number of halogens is 1. The molecule has 2 aromatic rings. The Hall–Kier alpha value is -1.44. The van der Waals surface area contributed by atoms with Crippen LogP contribution in [0.1, 0.15) is 5.56 Å². The van der Waals surface area contributed by atoms with Crippen molar-refractivity contribution in [3.05, 3.63) is 52.8 Å². The molecule has 1 aromatic carbocycles. The highest BCUT2D eigenvalue weighted by molar-refractivity contribution is 9.10. The number of benzene rings is 1.